The third kappa shape index (κ3) is 13.5. The normalized spacial score (nSPS) is 12.2. The van der Waals surface area contributed by atoms with Crippen LogP contribution in [0.4, 0.5) is 0 Å². The summed E-state index contributed by atoms with van der Waals surface area (Å²) in [5, 5.41) is 18.8. The van der Waals surface area contributed by atoms with Gasteiger partial charge in [0.25, 0.3) is 0 Å². The van der Waals surface area contributed by atoms with Crippen molar-refractivity contribution in [3.05, 3.63) is 132 Å². The van der Waals surface area contributed by atoms with Gasteiger partial charge in [-0.15, -0.1) is 5.10 Å². The molecule has 0 unspecified atom stereocenters. The lowest BCUT2D eigenvalue weighted by Crippen LogP contribution is -2.55. The van der Waals surface area contributed by atoms with E-state index in [1.807, 2.05) is 103 Å². The summed E-state index contributed by atoms with van der Waals surface area (Å²) in [5.74, 6) is -1.09. The minimum Gasteiger partial charge on any atom is -0.377 e. The van der Waals surface area contributed by atoms with Crippen LogP contribution in [0.25, 0.3) is 10.8 Å². The van der Waals surface area contributed by atoms with Gasteiger partial charge in [0.05, 0.1) is 58.3 Å². The van der Waals surface area contributed by atoms with E-state index in [1.165, 1.54) is 0 Å². The standard InChI is InChI=1S/C41H49N7O6/c42-29-36-30-48(47-46-36)18-20-53-22-24-54-23-21-52-19-17-43-40(50)37(26-31-9-3-1-4-10-31)45-41(51)38(27-32-11-5-2-6-12-32)44-39(49)28-33-15-16-34-13-7-8-14-35(34)25-33/h1-16,25,30,37-38H,17-24,26-29,42H2,(H,43,50)(H,44,49)(H,45,51)/t37-,38-/m0/s1. The van der Waals surface area contributed by atoms with E-state index in [2.05, 4.69) is 26.3 Å². The van der Waals surface area contributed by atoms with Crippen molar-refractivity contribution in [3.63, 3.8) is 0 Å². The minimum atomic E-state index is -0.904. The lowest BCUT2D eigenvalue weighted by molar-refractivity contribution is -0.132. The molecule has 0 aliphatic rings. The minimum absolute atomic E-state index is 0.109. The van der Waals surface area contributed by atoms with Crippen molar-refractivity contribution in [2.45, 2.75) is 44.4 Å². The zero-order valence-electron chi connectivity index (χ0n) is 30.4. The van der Waals surface area contributed by atoms with E-state index < -0.39 is 18.0 Å². The fraction of sp³-hybridized carbons (Fsp3) is 0.341. The number of amides is 3. The molecule has 2 atom stereocenters. The number of hydrogen-bond donors (Lipinski definition) is 4. The number of aromatic nitrogens is 3. The molecule has 284 valence electrons. The Morgan fingerprint density at radius 1 is 0.648 bits per heavy atom. The molecule has 0 aliphatic heterocycles. The largest absolute Gasteiger partial charge is 0.377 e. The van der Waals surface area contributed by atoms with Crippen LogP contribution >= 0.6 is 0 Å². The average molecular weight is 736 g/mol. The van der Waals surface area contributed by atoms with Gasteiger partial charge >= 0.3 is 0 Å². The highest BCUT2D eigenvalue weighted by Gasteiger charge is 2.27. The Morgan fingerprint density at radius 3 is 1.89 bits per heavy atom. The van der Waals surface area contributed by atoms with Crippen molar-refractivity contribution in [1.82, 2.24) is 30.9 Å². The maximum atomic E-state index is 13.9. The zero-order chi connectivity index (χ0) is 37.8. The van der Waals surface area contributed by atoms with Crippen LogP contribution in [0.5, 0.6) is 0 Å². The highest BCUT2D eigenvalue weighted by Crippen LogP contribution is 2.16. The number of nitrogens with one attached hydrogen (secondary N) is 3. The summed E-state index contributed by atoms with van der Waals surface area (Å²) in [6.07, 6.45) is 2.43. The topological polar surface area (TPSA) is 172 Å². The van der Waals surface area contributed by atoms with Gasteiger partial charge in [-0.1, -0.05) is 108 Å². The monoisotopic (exact) mass is 735 g/mol. The highest BCUT2D eigenvalue weighted by atomic mass is 16.5. The first-order valence-corrected chi connectivity index (χ1v) is 18.2. The first kappa shape index (κ1) is 39.7. The molecule has 0 fully saturated rings. The van der Waals surface area contributed by atoms with Crippen molar-refractivity contribution in [2.75, 3.05) is 46.2 Å². The van der Waals surface area contributed by atoms with Gasteiger partial charge in [-0.3, -0.25) is 14.4 Å². The Bertz CT molecular complexity index is 1890. The second kappa shape index (κ2) is 21.9. The smallest absolute Gasteiger partial charge is 0.243 e. The van der Waals surface area contributed by atoms with E-state index in [0.29, 0.717) is 46.1 Å². The summed E-state index contributed by atoms with van der Waals surface area (Å²) in [6, 6.07) is 31.0. The summed E-state index contributed by atoms with van der Waals surface area (Å²) in [4.78, 5) is 40.7. The van der Waals surface area contributed by atoms with Gasteiger partial charge in [-0.25, -0.2) is 4.68 Å². The van der Waals surface area contributed by atoms with Crippen LogP contribution in [0.1, 0.15) is 22.4 Å². The van der Waals surface area contributed by atoms with E-state index in [1.54, 1.807) is 10.9 Å². The summed E-state index contributed by atoms with van der Waals surface area (Å²) < 4.78 is 18.4. The third-order valence-corrected chi connectivity index (χ3v) is 8.58. The van der Waals surface area contributed by atoms with Gasteiger partial charge in [-0.05, 0) is 27.5 Å². The molecule has 0 aliphatic carbocycles. The lowest BCUT2D eigenvalue weighted by Gasteiger charge is -2.24. The van der Waals surface area contributed by atoms with Gasteiger partial charge in [0.2, 0.25) is 17.7 Å². The molecular weight excluding hydrogens is 686 g/mol. The van der Waals surface area contributed by atoms with Crippen LogP contribution in [0, 0.1) is 0 Å². The molecular formula is C41H49N7O6. The van der Waals surface area contributed by atoms with E-state index in [-0.39, 0.29) is 44.2 Å². The van der Waals surface area contributed by atoms with Crippen LogP contribution in [-0.2, 0) is 60.9 Å². The molecule has 0 saturated heterocycles. The van der Waals surface area contributed by atoms with Crippen LogP contribution in [-0.4, -0.2) is 91.0 Å². The van der Waals surface area contributed by atoms with E-state index in [9.17, 15) is 14.4 Å². The number of carbonyl (C=O) groups is 3. The van der Waals surface area contributed by atoms with Gasteiger partial charge in [0.1, 0.15) is 12.1 Å². The van der Waals surface area contributed by atoms with Crippen molar-refractivity contribution in [1.29, 1.82) is 0 Å². The third-order valence-electron chi connectivity index (χ3n) is 8.58. The number of carbonyl (C=O) groups excluding carboxylic acids is 3. The molecule has 0 radical (unpaired) electrons. The molecule has 13 heteroatoms. The predicted octanol–water partition coefficient (Wildman–Crippen LogP) is 2.75. The van der Waals surface area contributed by atoms with Crippen molar-refractivity contribution in [3.8, 4) is 0 Å². The summed E-state index contributed by atoms with van der Waals surface area (Å²) in [7, 11) is 0. The van der Waals surface area contributed by atoms with Crippen LogP contribution in [0.15, 0.2) is 109 Å². The molecule has 13 nitrogen and oxygen atoms in total. The van der Waals surface area contributed by atoms with Crippen molar-refractivity contribution >= 4 is 28.5 Å². The number of nitrogens with zero attached hydrogens (tertiary/aromatic N) is 3. The Morgan fingerprint density at radius 2 is 1.24 bits per heavy atom. The van der Waals surface area contributed by atoms with E-state index in [4.69, 9.17) is 19.9 Å². The summed E-state index contributed by atoms with van der Waals surface area (Å²) in [6.45, 7) is 3.49. The molecule has 5 rings (SSSR count). The quantitative estimate of drug-likeness (QED) is 0.0737. The van der Waals surface area contributed by atoms with Crippen LogP contribution in [0.2, 0.25) is 0 Å². The van der Waals surface area contributed by atoms with E-state index >= 15 is 0 Å². The molecule has 0 bridgehead atoms. The zero-order valence-corrected chi connectivity index (χ0v) is 30.4. The number of rotatable bonds is 23. The first-order valence-electron chi connectivity index (χ1n) is 18.2. The maximum Gasteiger partial charge on any atom is 0.243 e. The van der Waals surface area contributed by atoms with Gasteiger partial charge in [0, 0.05) is 32.1 Å². The molecule has 0 saturated carbocycles. The molecule has 5 aromatic rings. The lowest BCUT2D eigenvalue weighted by atomic mass is 10.0. The molecule has 54 heavy (non-hydrogen) atoms. The van der Waals surface area contributed by atoms with Crippen molar-refractivity contribution in [2.24, 2.45) is 5.73 Å². The van der Waals surface area contributed by atoms with Crippen LogP contribution < -0.4 is 21.7 Å². The van der Waals surface area contributed by atoms with Crippen molar-refractivity contribution < 1.29 is 28.6 Å². The highest BCUT2D eigenvalue weighted by molar-refractivity contribution is 5.93. The average Bonchev–Trinajstić information content (AvgIpc) is 3.66. The Hall–Kier alpha value is -5.47. The van der Waals surface area contributed by atoms with E-state index in [0.717, 1.165) is 33.2 Å². The second-order valence-corrected chi connectivity index (χ2v) is 12.7. The summed E-state index contributed by atoms with van der Waals surface area (Å²) >= 11 is 0. The first-order chi connectivity index (χ1) is 26.5. The number of benzene rings is 4. The fourth-order valence-corrected chi connectivity index (χ4v) is 5.78. The number of nitrogens with two attached hydrogens (primary N) is 1. The maximum absolute atomic E-state index is 13.9. The number of ether oxygens (including phenoxy) is 3. The molecule has 1 aromatic heterocycles. The summed E-state index contributed by atoms with van der Waals surface area (Å²) in [5.41, 5.74) is 8.88. The Labute approximate surface area is 315 Å². The SMILES string of the molecule is NCc1cn(CCOCCOCCOCCNC(=O)[C@H](Cc2ccccc2)NC(=O)[C@H](Cc2ccccc2)NC(=O)Cc2ccc3ccccc3c2)nn1. The molecule has 3 amide bonds. The van der Waals surface area contributed by atoms with Gasteiger partial charge in [-0.2, -0.15) is 0 Å². The number of fused-ring (bicyclic) bond motifs is 1. The molecule has 1 heterocycles. The van der Waals surface area contributed by atoms with Gasteiger partial charge < -0.3 is 35.9 Å². The van der Waals surface area contributed by atoms with Gasteiger partial charge in [0.15, 0.2) is 0 Å². The van der Waals surface area contributed by atoms with Crippen LogP contribution in [0.3, 0.4) is 0 Å². The Kier molecular flexibility index (Phi) is 16.1. The molecule has 5 N–H and O–H groups in total. The number of hydrogen-bond acceptors (Lipinski definition) is 9. The fourth-order valence-electron chi connectivity index (χ4n) is 5.78. The Balaban J connectivity index is 1.08. The predicted molar refractivity (Wildman–Crippen MR) is 205 cm³/mol. The molecule has 0 spiro atoms. The molecule has 4 aromatic carbocycles. The second-order valence-electron chi connectivity index (χ2n) is 12.7.